The maximum atomic E-state index is 3.72. The first kappa shape index (κ1) is 17.3. The molecule has 17 heavy (non-hydrogen) atoms. The van der Waals surface area contributed by atoms with E-state index in [1.54, 1.807) is 0 Å². The second-order valence-corrected chi connectivity index (χ2v) is 6.28. The van der Waals surface area contributed by atoms with Crippen molar-refractivity contribution in [3.8, 4) is 0 Å². The van der Waals surface area contributed by atoms with Crippen molar-refractivity contribution in [2.24, 2.45) is 5.92 Å². The molecule has 0 saturated heterocycles. The maximum absolute atomic E-state index is 3.72. The first-order valence-electron chi connectivity index (χ1n) is 7.59. The number of hydrogen-bond acceptors (Lipinski definition) is 2. The fourth-order valence-electron chi connectivity index (χ4n) is 2.20. The van der Waals surface area contributed by atoms with Gasteiger partial charge in [-0.25, -0.2) is 0 Å². The Hall–Kier alpha value is 0.310. The van der Waals surface area contributed by atoms with E-state index in [0.29, 0.717) is 0 Å². The molecule has 1 nitrogen and oxygen atoms in total. The predicted octanol–water partition coefficient (Wildman–Crippen LogP) is 4.71. The van der Waals surface area contributed by atoms with Crippen LogP contribution in [0.25, 0.3) is 0 Å². The molecule has 0 aromatic heterocycles. The van der Waals surface area contributed by atoms with Gasteiger partial charge in [-0.05, 0) is 31.1 Å². The predicted molar refractivity (Wildman–Crippen MR) is 83.0 cm³/mol. The second kappa shape index (κ2) is 12.8. The Morgan fingerprint density at radius 2 is 1.82 bits per heavy atom. The number of nitrogens with one attached hydrogen (secondary N) is 1. The van der Waals surface area contributed by atoms with Crippen molar-refractivity contribution in [1.82, 2.24) is 5.32 Å². The van der Waals surface area contributed by atoms with Crippen molar-refractivity contribution in [2.75, 3.05) is 18.1 Å². The topological polar surface area (TPSA) is 12.0 Å². The number of hydrogen-bond donors (Lipinski definition) is 1. The average Bonchev–Trinajstić information content (AvgIpc) is 2.36. The highest BCUT2D eigenvalue weighted by Crippen LogP contribution is 2.20. The molecule has 0 rings (SSSR count). The molecule has 1 N–H and O–H groups in total. The lowest BCUT2D eigenvalue weighted by Crippen LogP contribution is -2.34. The average molecular weight is 260 g/mol. The first-order chi connectivity index (χ1) is 8.28. The summed E-state index contributed by atoms with van der Waals surface area (Å²) in [6.45, 7) is 10.3. The van der Waals surface area contributed by atoms with Crippen LogP contribution in [0.5, 0.6) is 0 Å². The molecule has 104 valence electrons. The zero-order valence-electron chi connectivity index (χ0n) is 12.4. The van der Waals surface area contributed by atoms with Crippen LogP contribution >= 0.6 is 11.8 Å². The van der Waals surface area contributed by atoms with Gasteiger partial charge in [0.1, 0.15) is 0 Å². The summed E-state index contributed by atoms with van der Waals surface area (Å²) < 4.78 is 0. The van der Waals surface area contributed by atoms with E-state index in [4.69, 9.17) is 0 Å². The summed E-state index contributed by atoms with van der Waals surface area (Å²) >= 11 is 2.08. The van der Waals surface area contributed by atoms with E-state index in [0.717, 1.165) is 12.0 Å². The van der Waals surface area contributed by atoms with Crippen LogP contribution in [0.15, 0.2) is 0 Å². The summed E-state index contributed by atoms with van der Waals surface area (Å²) in [5.41, 5.74) is 0. The monoisotopic (exact) mass is 259 g/mol. The molecule has 0 aliphatic carbocycles. The molecule has 0 aromatic carbocycles. The standard InChI is InChI=1S/C15H33NS/c1-5-9-10-14(7-3)12-15(13-17-8-4)16-11-6-2/h14-16H,5-13H2,1-4H3. The highest BCUT2D eigenvalue weighted by Gasteiger charge is 2.14. The highest BCUT2D eigenvalue weighted by molar-refractivity contribution is 7.99. The Bertz CT molecular complexity index is 142. The van der Waals surface area contributed by atoms with Crippen LogP contribution in [-0.2, 0) is 0 Å². The van der Waals surface area contributed by atoms with Crippen LogP contribution in [0.3, 0.4) is 0 Å². The van der Waals surface area contributed by atoms with Crippen LogP contribution in [0.2, 0.25) is 0 Å². The molecule has 0 bridgehead atoms. The Kier molecular flexibility index (Phi) is 13.0. The number of rotatable bonds is 12. The van der Waals surface area contributed by atoms with Crippen molar-refractivity contribution in [3.63, 3.8) is 0 Å². The fraction of sp³-hybridized carbons (Fsp3) is 1.00. The Morgan fingerprint density at radius 3 is 2.35 bits per heavy atom. The molecule has 2 unspecified atom stereocenters. The second-order valence-electron chi connectivity index (χ2n) is 4.96. The maximum Gasteiger partial charge on any atom is 0.0160 e. The molecule has 0 heterocycles. The molecule has 0 fully saturated rings. The van der Waals surface area contributed by atoms with Gasteiger partial charge in [-0.1, -0.05) is 53.4 Å². The summed E-state index contributed by atoms with van der Waals surface area (Å²) in [5.74, 6) is 3.47. The molecule has 0 amide bonds. The van der Waals surface area contributed by atoms with Gasteiger partial charge in [-0.15, -0.1) is 0 Å². The summed E-state index contributed by atoms with van der Waals surface area (Å²) in [4.78, 5) is 0. The lowest BCUT2D eigenvalue weighted by Gasteiger charge is -2.23. The Labute approximate surface area is 114 Å². The van der Waals surface area contributed by atoms with E-state index in [-0.39, 0.29) is 0 Å². The van der Waals surface area contributed by atoms with E-state index < -0.39 is 0 Å². The molecular weight excluding hydrogens is 226 g/mol. The summed E-state index contributed by atoms with van der Waals surface area (Å²) in [6, 6.07) is 0.738. The van der Waals surface area contributed by atoms with Crippen molar-refractivity contribution in [1.29, 1.82) is 0 Å². The molecular formula is C15H33NS. The van der Waals surface area contributed by atoms with Crippen molar-refractivity contribution < 1.29 is 0 Å². The van der Waals surface area contributed by atoms with Crippen LogP contribution in [0.1, 0.15) is 66.2 Å². The smallest absolute Gasteiger partial charge is 0.0160 e. The molecule has 0 spiro atoms. The van der Waals surface area contributed by atoms with Gasteiger partial charge in [0.2, 0.25) is 0 Å². The fourth-order valence-corrected chi connectivity index (χ4v) is 2.98. The Morgan fingerprint density at radius 1 is 1.06 bits per heavy atom. The molecule has 2 atom stereocenters. The normalized spacial score (nSPS) is 14.8. The van der Waals surface area contributed by atoms with Crippen LogP contribution in [0, 0.1) is 5.92 Å². The summed E-state index contributed by atoms with van der Waals surface area (Å²) in [5, 5.41) is 3.72. The molecule has 0 aromatic rings. The molecule has 0 aliphatic rings. The minimum atomic E-state index is 0.738. The van der Waals surface area contributed by atoms with Gasteiger partial charge in [-0.3, -0.25) is 0 Å². The highest BCUT2D eigenvalue weighted by atomic mass is 32.2. The van der Waals surface area contributed by atoms with E-state index in [1.165, 1.54) is 56.6 Å². The van der Waals surface area contributed by atoms with Crippen LogP contribution < -0.4 is 5.32 Å². The third kappa shape index (κ3) is 9.96. The van der Waals surface area contributed by atoms with Crippen LogP contribution in [-0.4, -0.2) is 24.1 Å². The zero-order chi connectivity index (χ0) is 12.9. The molecule has 2 heteroatoms. The molecule has 0 saturated carbocycles. The van der Waals surface area contributed by atoms with E-state index in [1.807, 2.05) is 0 Å². The van der Waals surface area contributed by atoms with Gasteiger partial charge < -0.3 is 5.32 Å². The van der Waals surface area contributed by atoms with E-state index in [2.05, 4.69) is 44.8 Å². The van der Waals surface area contributed by atoms with Gasteiger partial charge >= 0.3 is 0 Å². The third-order valence-electron chi connectivity index (χ3n) is 3.37. The van der Waals surface area contributed by atoms with E-state index >= 15 is 0 Å². The van der Waals surface area contributed by atoms with E-state index in [9.17, 15) is 0 Å². The minimum Gasteiger partial charge on any atom is -0.313 e. The summed E-state index contributed by atoms with van der Waals surface area (Å²) in [6.07, 6.45) is 8.14. The van der Waals surface area contributed by atoms with Crippen molar-refractivity contribution >= 4 is 11.8 Å². The quantitative estimate of drug-likeness (QED) is 0.544. The van der Waals surface area contributed by atoms with Gasteiger partial charge in [0.05, 0.1) is 0 Å². The first-order valence-corrected chi connectivity index (χ1v) is 8.74. The van der Waals surface area contributed by atoms with Gasteiger partial charge in [0.25, 0.3) is 0 Å². The molecule has 0 radical (unpaired) electrons. The third-order valence-corrected chi connectivity index (χ3v) is 4.41. The number of unbranched alkanes of at least 4 members (excludes halogenated alkanes) is 1. The minimum absolute atomic E-state index is 0.738. The Balaban J connectivity index is 3.97. The summed E-state index contributed by atoms with van der Waals surface area (Å²) in [7, 11) is 0. The zero-order valence-corrected chi connectivity index (χ0v) is 13.2. The van der Waals surface area contributed by atoms with Crippen molar-refractivity contribution in [3.05, 3.63) is 0 Å². The van der Waals surface area contributed by atoms with Gasteiger partial charge in [0.15, 0.2) is 0 Å². The number of thioether (sulfide) groups is 1. The van der Waals surface area contributed by atoms with Gasteiger partial charge in [-0.2, -0.15) is 11.8 Å². The van der Waals surface area contributed by atoms with Crippen molar-refractivity contribution in [2.45, 2.75) is 72.3 Å². The van der Waals surface area contributed by atoms with Crippen LogP contribution in [0.4, 0.5) is 0 Å². The largest absolute Gasteiger partial charge is 0.313 e. The lowest BCUT2D eigenvalue weighted by molar-refractivity contribution is 0.365. The van der Waals surface area contributed by atoms with Gasteiger partial charge in [0, 0.05) is 11.8 Å². The SMILES string of the molecule is CCCCC(CC)CC(CSCC)NCCC. The molecule has 0 aliphatic heterocycles. The lowest BCUT2D eigenvalue weighted by atomic mass is 9.92.